The number of benzene rings is 4. The Bertz CT molecular complexity index is 1330. The van der Waals surface area contributed by atoms with Crippen molar-refractivity contribution < 1.29 is 4.48 Å². The quantitative estimate of drug-likeness (QED) is 0.243. The van der Waals surface area contributed by atoms with Crippen LogP contribution in [-0.2, 0) is 6.42 Å². The zero-order valence-electron chi connectivity index (χ0n) is 18.6. The Morgan fingerprint density at radius 2 is 1.45 bits per heavy atom. The van der Waals surface area contributed by atoms with Crippen molar-refractivity contribution in [2.24, 2.45) is 0 Å². The molecule has 0 bridgehead atoms. The lowest BCUT2D eigenvalue weighted by Gasteiger charge is -2.21. The summed E-state index contributed by atoms with van der Waals surface area (Å²) in [5.41, 5.74) is 10.7. The van der Waals surface area contributed by atoms with Crippen LogP contribution in [0.5, 0.6) is 0 Å². The highest BCUT2D eigenvalue weighted by atomic mass is 31.0. The molecule has 1 N–H and O–H groups in total. The SMILES string of the molecule is CN(F)c1ccc2c(c1-c1ccc(-c3cccc(-c4cccc(NP)c4)c3)cc1)CCC=C2. The van der Waals surface area contributed by atoms with Gasteiger partial charge in [-0.15, -0.1) is 4.48 Å². The van der Waals surface area contributed by atoms with E-state index in [0.717, 1.165) is 45.9 Å². The monoisotopic (exact) mass is 452 g/mol. The van der Waals surface area contributed by atoms with E-state index in [1.807, 2.05) is 18.2 Å². The van der Waals surface area contributed by atoms with Crippen molar-refractivity contribution in [2.75, 3.05) is 17.3 Å². The van der Waals surface area contributed by atoms with Crippen LogP contribution in [0.2, 0.25) is 0 Å². The molecule has 1 atom stereocenters. The van der Waals surface area contributed by atoms with Gasteiger partial charge in [-0.1, -0.05) is 72.8 Å². The average Bonchev–Trinajstić information content (AvgIpc) is 2.88. The minimum Gasteiger partial charge on any atom is -0.369 e. The first-order valence-corrected chi connectivity index (χ1v) is 11.7. The molecule has 5 rings (SSSR count). The first-order valence-electron chi connectivity index (χ1n) is 11.1. The van der Waals surface area contributed by atoms with Gasteiger partial charge in [0.1, 0.15) is 0 Å². The van der Waals surface area contributed by atoms with Gasteiger partial charge in [-0.25, -0.2) is 5.12 Å². The highest BCUT2D eigenvalue weighted by Gasteiger charge is 2.18. The maximum atomic E-state index is 14.4. The summed E-state index contributed by atoms with van der Waals surface area (Å²) in [5.74, 6) is 0. The molecule has 0 saturated carbocycles. The largest absolute Gasteiger partial charge is 0.369 e. The van der Waals surface area contributed by atoms with Gasteiger partial charge < -0.3 is 5.09 Å². The normalized spacial score (nSPS) is 12.3. The van der Waals surface area contributed by atoms with Crippen molar-refractivity contribution in [1.29, 1.82) is 0 Å². The first kappa shape index (κ1) is 21.4. The molecular weight excluding hydrogens is 426 g/mol. The molecule has 2 nitrogen and oxygen atoms in total. The number of nitrogens with zero attached hydrogens (tertiary/aromatic N) is 1. The molecule has 4 aromatic carbocycles. The summed E-state index contributed by atoms with van der Waals surface area (Å²) in [7, 11) is 4.00. The smallest absolute Gasteiger partial charge is 0.0765 e. The summed E-state index contributed by atoms with van der Waals surface area (Å²) >= 11 is 0. The van der Waals surface area contributed by atoms with Crippen LogP contribution in [0.1, 0.15) is 17.5 Å². The summed E-state index contributed by atoms with van der Waals surface area (Å²) in [5, 5.41) is 3.85. The maximum Gasteiger partial charge on any atom is 0.0765 e. The molecule has 4 heteroatoms. The average molecular weight is 453 g/mol. The Balaban J connectivity index is 1.52. The number of anilines is 2. The van der Waals surface area contributed by atoms with Crippen LogP contribution in [0, 0.1) is 0 Å². The maximum absolute atomic E-state index is 14.4. The molecule has 33 heavy (non-hydrogen) atoms. The fourth-order valence-corrected chi connectivity index (χ4v) is 4.77. The van der Waals surface area contributed by atoms with E-state index in [9.17, 15) is 4.48 Å². The number of halogens is 1. The van der Waals surface area contributed by atoms with Crippen LogP contribution in [0.3, 0.4) is 0 Å². The molecule has 0 saturated heterocycles. The van der Waals surface area contributed by atoms with Crippen molar-refractivity contribution in [2.45, 2.75) is 12.8 Å². The standard InChI is InChI=1S/C29H26FN2P/c1-32(30)28-17-16-21-6-2-3-11-27(21)29(28)22-14-12-20(13-15-22)23-7-4-8-24(18-23)25-9-5-10-26(19-25)31-33/h2,4-10,12-19,31H,3,11,33H2,1H3. The Hall–Kier alpha value is -3.42. The summed E-state index contributed by atoms with van der Waals surface area (Å²) in [6.07, 6.45) is 6.24. The highest BCUT2D eigenvalue weighted by molar-refractivity contribution is 7.18. The fraction of sp³-hybridized carbons (Fsp3) is 0.103. The number of allylic oxidation sites excluding steroid dienone is 1. The van der Waals surface area contributed by atoms with E-state index in [4.69, 9.17) is 0 Å². The fourth-order valence-electron chi connectivity index (χ4n) is 4.59. The summed E-state index contributed by atoms with van der Waals surface area (Å²) in [4.78, 5) is 0. The molecule has 0 spiro atoms. The predicted molar refractivity (Wildman–Crippen MR) is 143 cm³/mol. The van der Waals surface area contributed by atoms with Gasteiger partial charge in [0.25, 0.3) is 0 Å². The van der Waals surface area contributed by atoms with E-state index < -0.39 is 0 Å². The second-order valence-corrected chi connectivity index (χ2v) is 8.62. The Morgan fingerprint density at radius 1 is 0.788 bits per heavy atom. The third-order valence-electron chi connectivity index (χ3n) is 6.25. The van der Waals surface area contributed by atoms with Crippen molar-refractivity contribution >= 4 is 26.8 Å². The van der Waals surface area contributed by atoms with Crippen LogP contribution in [0.15, 0.2) is 91.0 Å². The molecule has 0 heterocycles. The number of fused-ring (bicyclic) bond motifs is 1. The van der Waals surface area contributed by atoms with Crippen molar-refractivity contribution in [1.82, 2.24) is 0 Å². The molecular formula is C29H26FN2P. The minimum absolute atomic E-state index is 0.612. The zero-order valence-corrected chi connectivity index (χ0v) is 19.7. The van der Waals surface area contributed by atoms with Crippen LogP contribution in [0.4, 0.5) is 15.9 Å². The second-order valence-electron chi connectivity index (χ2n) is 8.33. The van der Waals surface area contributed by atoms with Crippen molar-refractivity contribution in [3.05, 3.63) is 102 Å². The van der Waals surface area contributed by atoms with Crippen molar-refractivity contribution in [3.63, 3.8) is 0 Å². The summed E-state index contributed by atoms with van der Waals surface area (Å²) < 4.78 is 14.4. The molecule has 0 aromatic heterocycles. The van der Waals surface area contributed by atoms with Gasteiger partial charge in [-0.3, -0.25) is 0 Å². The van der Waals surface area contributed by atoms with E-state index >= 15 is 0 Å². The second kappa shape index (κ2) is 9.21. The van der Waals surface area contributed by atoms with Gasteiger partial charge in [-0.05, 0) is 85.4 Å². The van der Waals surface area contributed by atoms with Crippen LogP contribution >= 0.6 is 9.39 Å². The number of hydrogen-bond donors (Lipinski definition) is 1. The molecule has 0 aliphatic heterocycles. The molecule has 4 aromatic rings. The van der Waals surface area contributed by atoms with E-state index in [1.165, 1.54) is 29.3 Å². The Morgan fingerprint density at radius 3 is 2.18 bits per heavy atom. The van der Waals surface area contributed by atoms with Gasteiger partial charge in [-0.2, -0.15) is 0 Å². The molecule has 1 aliphatic rings. The van der Waals surface area contributed by atoms with Crippen LogP contribution in [0.25, 0.3) is 39.5 Å². The summed E-state index contributed by atoms with van der Waals surface area (Å²) in [6.45, 7) is 0. The predicted octanol–water partition coefficient (Wildman–Crippen LogP) is 8.17. The Kier molecular flexibility index (Phi) is 5.98. The van der Waals surface area contributed by atoms with Crippen molar-refractivity contribution in [3.8, 4) is 33.4 Å². The zero-order chi connectivity index (χ0) is 22.8. The number of rotatable bonds is 5. The number of nitrogens with one attached hydrogen (secondary N) is 1. The molecule has 0 amide bonds. The summed E-state index contributed by atoms with van der Waals surface area (Å²) in [6, 6.07) is 29.3. The van der Waals surface area contributed by atoms with Gasteiger partial charge in [0, 0.05) is 18.3 Å². The highest BCUT2D eigenvalue weighted by Crippen LogP contribution is 2.39. The van der Waals surface area contributed by atoms with E-state index in [0.29, 0.717) is 5.69 Å². The molecule has 164 valence electrons. The van der Waals surface area contributed by atoms with Gasteiger partial charge in [0.15, 0.2) is 0 Å². The lowest BCUT2D eigenvalue weighted by atomic mass is 9.87. The molecule has 1 unspecified atom stereocenters. The van der Waals surface area contributed by atoms with Crippen LogP contribution < -0.4 is 10.2 Å². The van der Waals surface area contributed by atoms with Gasteiger partial charge in [0.2, 0.25) is 0 Å². The van der Waals surface area contributed by atoms with Gasteiger partial charge in [0.05, 0.1) is 5.69 Å². The van der Waals surface area contributed by atoms with E-state index in [2.05, 4.69) is 93.4 Å². The molecule has 0 radical (unpaired) electrons. The Labute approximate surface area is 197 Å². The lowest BCUT2D eigenvalue weighted by molar-refractivity contribution is 0.476. The lowest BCUT2D eigenvalue weighted by Crippen LogP contribution is -2.08. The third kappa shape index (κ3) is 4.29. The minimum atomic E-state index is 0.612. The van der Waals surface area contributed by atoms with E-state index in [-0.39, 0.29) is 0 Å². The molecule has 0 fully saturated rings. The molecule has 1 aliphatic carbocycles. The van der Waals surface area contributed by atoms with Gasteiger partial charge >= 0.3 is 0 Å². The number of hydrogen-bond acceptors (Lipinski definition) is 2. The third-order valence-corrected chi connectivity index (χ3v) is 6.58. The topological polar surface area (TPSA) is 15.3 Å². The van der Waals surface area contributed by atoms with Crippen LogP contribution in [-0.4, -0.2) is 7.05 Å². The first-order chi connectivity index (χ1) is 16.1. The van der Waals surface area contributed by atoms with E-state index in [1.54, 1.807) is 0 Å².